The van der Waals surface area contributed by atoms with Crippen LogP contribution in [0.2, 0.25) is 0 Å². The second-order valence-corrected chi connectivity index (χ2v) is 5.86. The van der Waals surface area contributed by atoms with Crippen molar-refractivity contribution in [3.8, 4) is 0 Å². The molecule has 0 unspecified atom stereocenters. The normalized spacial score (nSPS) is 13.1. The van der Waals surface area contributed by atoms with E-state index in [0.717, 1.165) is 37.2 Å². The fraction of sp³-hybridized carbons (Fsp3) is 1.00. The standard InChI is InChI=1S/C12H26O3S2/c1-11(4-2-6-16,5-3-7-17)12(8-13,9-14)10-15/h13-17H,2-10H2,1H3. The Hall–Kier alpha value is 0.580. The van der Waals surface area contributed by atoms with Crippen molar-refractivity contribution in [2.75, 3.05) is 31.3 Å². The van der Waals surface area contributed by atoms with E-state index in [1.165, 1.54) is 0 Å². The zero-order chi connectivity index (χ0) is 13.4. The van der Waals surface area contributed by atoms with Crippen molar-refractivity contribution in [2.45, 2.75) is 32.6 Å². The van der Waals surface area contributed by atoms with Crippen LogP contribution in [-0.2, 0) is 0 Å². The van der Waals surface area contributed by atoms with E-state index < -0.39 is 5.41 Å². The molecule has 0 aromatic carbocycles. The van der Waals surface area contributed by atoms with E-state index >= 15 is 0 Å². The van der Waals surface area contributed by atoms with Crippen LogP contribution in [0.4, 0.5) is 0 Å². The maximum Gasteiger partial charge on any atom is 0.0536 e. The van der Waals surface area contributed by atoms with E-state index in [1.54, 1.807) is 0 Å². The van der Waals surface area contributed by atoms with Gasteiger partial charge < -0.3 is 15.3 Å². The molecule has 0 amide bonds. The number of aliphatic hydroxyl groups is 3. The third-order valence-corrected chi connectivity index (χ3v) is 4.59. The molecule has 0 atom stereocenters. The molecular formula is C12H26O3S2. The zero-order valence-corrected chi connectivity index (χ0v) is 12.4. The molecule has 0 aromatic heterocycles. The van der Waals surface area contributed by atoms with Gasteiger partial charge in [0.2, 0.25) is 0 Å². The Bertz CT molecular complexity index is 180. The first-order valence-electron chi connectivity index (χ1n) is 6.10. The SMILES string of the molecule is CC(CCCS)(CCCS)C(CO)(CO)CO. The molecule has 0 aliphatic carbocycles. The Morgan fingerprint density at radius 3 is 1.41 bits per heavy atom. The molecule has 0 spiro atoms. The lowest BCUT2D eigenvalue weighted by atomic mass is 9.61. The fourth-order valence-electron chi connectivity index (χ4n) is 2.32. The lowest BCUT2D eigenvalue weighted by Crippen LogP contribution is -2.49. The highest BCUT2D eigenvalue weighted by molar-refractivity contribution is 7.80. The molecule has 0 heterocycles. The van der Waals surface area contributed by atoms with Crippen LogP contribution in [0.5, 0.6) is 0 Å². The summed E-state index contributed by atoms with van der Waals surface area (Å²) in [5.74, 6) is 1.55. The maximum atomic E-state index is 9.55. The summed E-state index contributed by atoms with van der Waals surface area (Å²) in [5.41, 5.74) is -1.10. The molecule has 0 radical (unpaired) electrons. The Morgan fingerprint density at radius 2 is 1.18 bits per heavy atom. The minimum Gasteiger partial charge on any atom is -0.396 e. The van der Waals surface area contributed by atoms with Crippen molar-refractivity contribution >= 4 is 25.3 Å². The van der Waals surface area contributed by atoms with Gasteiger partial charge in [-0.1, -0.05) is 6.92 Å². The van der Waals surface area contributed by atoms with Gasteiger partial charge >= 0.3 is 0 Å². The Morgan fingerprint density at radius 1 is 0.824 bits per heavy atom. The lowest BCUT2D eigenvalue weighted by molar-refractivity contribution is -0.0939. The van der Waals surface area contributed by atoms with E-state index in [1.807, 2.05) is 6.92 Å². The predicted octanol–water partition coefficient (Wildman–Crippen LogP) is 1.38. The van der Waals surface area contributed by atoms with Crippen LogP contribution in [0, 0.1) is 10.8 Å². The molecule has 0 saturated heterocycles. The highest BCUT2D eigenvalue weighted by Crippen LogP contribution is 2.46. The van der Waals surface area contributed by atoms with Gasteiger partial charge in [0, 0.05) is 5.41 Å². The van der Waals surface area contributed by atoms with E-state index in [-0.39, 0.29) is 25.2 Å². The number of hydrogen-bond acceptors (Lipinski definition) is 5. The molecule has 0 aliphatic heterocycles. The summed E-state index contributed by atoms with van der Waals surface area (Å²) in [6, 6.07) is 0. The summed E-state index contributed by atoms with van der Waals surface area (Å²) in [6.45, 7) is 1.43. The molecule has 0 bridgehead atoms. The van der Waals surface area contributed by atoms with Gasteiger partial charge in [0.1, 0.15) is 0 Å². The van der Waals surface area contributed by atoms with Crippen molar-refractivity contribution in [2.24, 2.45) is 10.8 Å². The summed E-state index contributed by atoms with van der Waals surface area (Å²) >= 11 is 8.41. The molecule has 0 saturated carbocycles. The van der Waals surface area contributed by atoms with Crippen molar-refractivity contribution in [3.05, 3.63) is 0 Å². The highest BCUT2D eigenvalue weighted by Gasteiger charge is 2.46. The predicted molar refractivity (Wildman–Crippen MR) is 78.0 cm³/mol. The number of aliphatic hydroxyl groups excluding tert-OH is 3. The summed E-state index contributed by atoms with van der Waals surface area (Å²) in [7, 11) is 0. The molecular weight excluding hydrogens is 256 g/mol. The van der Waals surface area contributed by atoms with E-state index in [2.05, 4.69) is 25.3 Å². The molecule has 17 heavy (non-hydrogen) atoms. The second-order valence-electron chi connectivity index (χ2n) is 4.97. The summed E-state index contributed by atoms with van der Waals surface area (Å²) < 4.78 is 0. The molecule has 3 nitrogen and oxygen atoms in total. The lowest BCUT2D eigenvalue weighted by Gasteiger charge is -2.46. The van der Waals surface area contributed by atoms with Gasteiger partial charge in [0.15, 0.2) is 0 Å². The van der Waals surface area contributed by atoms with Gasteiger partial charge in [-0.2, -0.15) is 25.3 Å². The van der Waals surface area contributed by atoms with Crippen molar-refractivity contribution < 1.29 is 15.3 Å². The van der Waals surface area contributed by atoms with Crippen LogP contribution >= 0.6 is 25.3 Å². The van der Waals surface area contributed by atoms with Crippen LogP contribution in [0.25, 0.3) is 0 Å². The van der Waals surface area contributed by atoms with Gasteiger partial charge in [-0.25, -0.2) is 0 Å². The molecule has 5 heteroatoms. The summed E-state index contributed by atoms with van der Waals surface area (Å²) in [4.78, 5) is 0. The minimum atomic E-state index is -0.821. The third kappa shape index (κ3) is 4.31. The molecule has 0 fully saturated rings. The first kappa shape index (κ1) is 17.6. The monoisotopic (exact) mass is 282 g/mol. The van der Waals surface area contributed by atoms with Crippen molar-refractivity contribution in [3.63, 3.8) is 0 Å². The van der Waals surface area contributed by atoms with Crippen molar-refractivity contribution in [1.82, 2.24) is 0 Å². The Kier molecular flexibility index (Phi) is 8.94. The van der Waals surface area contributed by atoms with Gasteiger partial charge in [-0.15, -0.1) is 0 Å². The van der Waals surface area contributed by atoms with Gasteiger partial charge in [-0.3, -0.25) is 0 Å². The minimum absolute atomic E-state index is 0.199. The van der Waals surface area contributed by atoms with Gasteiger partial charge in [-0.05, 0) is 42.6 Å². The first-order valence-corrected chi connectivity index (χ1v) is 7.36. The molecule has 0 aromatic rings. The van der Waals surface area contributed by atoms with Gasteiger partial charge in [0.05, 0.1) is 19.8 Å². The fourth-order valence-corrected chi connectivity index (χ4v) is 2.63. The largest absolute Gasteiger partial charge is 0.396 e. The highest BCUT2D eigenvalue weighted by atomic mass is 32.1. The average Bonchev–Trinajstić information content (AvgIpc) is 2.36. The number of rotatable bonds is 10. The summed E-state index contributed by atoms with van der Waals surface area (Å²) in [6.07, 6.45) is 3.50. The van der Waals surface area contributed by atoms with Crippen LogP contribution in [0.3, 0.4) is 0 Å². The van der Waals surface area contributed by atoms with E-state index in [9.17, 15) is 15.3 Å². The van der Waals surface area contributed by atoms with E-state index in [0.29, 0.717) is 0 Å². The second kappa shape index (κ2) is 8.64. The smallest absolute Gasteiger partial charge is 0.0536 e. The van der Waals surface area contributed by atoms with Crippen LogP contribution in [0.15, 0.2) is 0 Å². The third-order valence-electron chi connectivity index (χ3n) is 3.96. The molecule has 0 aliphatic rings. The topological polar surface area (TPSA) is 60.7 Å². The van der Waals surface area contributed by atoms with Crippen LogP contribution in [-0.4, -0.2) is 46.6 Å². The summed E-state index contributed by atoms with van der Waals surface area (Å²) in [5, 5.41) is 28.7. The Labute approximate surface area is 115 Å². The van der Waals surface area contributed by atoms with Crippen molar-refractivity contribution in [1.29, 1.82) is 0 Å². The van der Waals surface area contributed by atoms with Gasteiger partial charge in [0.25, 0.3) is 0 Å². The first-order chi connectivity index (χ1) is 8.05. The molecule has 104 valence electrons. The molecule has 3 N–H and O–H groups in total. The van der Waals surface area contributed by atoms with Crippen LogP contribution in [0.1, 0.15) is 32.6 Å². The Balaban J connectivity index is 4.94. The number of thiol groups is 2. The van der Waals surface area contributed by atoms with Crippen LogP contribution < -0.4 is 0 Å². The van der Waals surface area contributed by atoms with E-state index in [4.69, 9.17) is 0 Å². The maximum absolute atomic E-state index is 9.55. The average molecular weight is 282 g/mol. The zero-order valence-electron chi connectivity index (χ0n) is 10.6. The number of hydrogen-bond donors (Lipinski definition) is 5. The quantitative estimate of drug-likeness (QED) is 0.393. The molecule has 0 rings (SSSR count).